The van der Waals surface area contributed by atoms with E-state index in [4.69, 9.17) is 16.7 Å². The summed E-state index contributed by atoms with van der Waals surface area (Å²) in [6, 6.07) is 3.63. The molecule has 0 bridgehead atoms. The maximum Gasteiger partial charge on any atom is 0.303 e. The van der Waals surface area contributed by atoms with Crippen LogP contribution in [0.25, 0.3) is 0 Å². The Bertz CT molecular complexity index is 513. The highest BCUT2D eigenvalue weighted by Gasteiger charge is 2.27. The third-order valence-electron chi connectivity index (χ3n) is 3.17. The van der Waals surface area contributed by atoms with E-state index in [0.717, 1.165) is 16.8 Å². The average Bonchev–Trinajstić information content (AvgIpc) is 2.27. The largest absolute Gasteiger partial charge is 0.481 e. The molecule has 1 aliphatic rings. The molecule has 18 heavy (non-hydrogen) atoms. The number of carbonyl (C=O) groups excluding carboxylic acids is 1. The van der Waals surface area contributed by atoms with Gasteiger partial charge in [-0.15, -0.1) is 0 Å². The summed E-state index contributed by atoms with van der Waals surface area (Å²) in [4.78, 5) is 22.4. The number of carbonyl (C=O) groups is 2. The van der Waals surface area contributed by atoms with E-state index in [0.29, 0.717) is 17.9 Å². The minimum atomic E-state index is -0.879. The Balaban J connectivity index is 2.21. The molecule has 4 nitrogen and oxygen atoms in total. The Kier molecular flexibility index (Phi) is 3.57. The van der Waals surface area contributed by atoms with Crippen molar-refractivity contribution in [3.8, 4) is 0 Å². The number of halogens is 1. The number of aryl methyl sites for hydroxylation is 1. The van der Waals surface area contributed by atoms with Crippen molar-refractivity contribution in [2.24, 2.45) is 5.92 Å². The predicted octanol–water partition coefficient (Wildman–Crippen LogP) is 2.62. The van der Waals surface area contributed by atoms with Crippen molar-refractivity contribution in [3.05, 3.63) is 28.3 Å². The van der Waals surface area contributed by atoms with Crippen molar-refractivity contribution in [3.63, 3.8) is 0 Å². The topological polar surface area (TPSA) is 66.4 Å². The van der Waals surface area contributed by atoms with Crippen molar-refractivity contribution in [1.82, 2.24) is 0 Å². The number of rotatable bonds is 3. The van der Waals surface area contributed by atoms with Gasteiger partial charge >= 0.3 is 5.97 Å². The van der Waals surface area contributed by atoms with Crippen LogP contribution < -0.4 is 5.32 Å². The first-order valence-electron chi connectivity index (χ1n) is 5.79. The SMILES string of the molecule is Cc1cc(Cl)cc2c1NC(=O)C(CCC(=O)O)C2. The number of hydrogen-bond donors (Lipinski definition) is 2. The third-order valence-corrected chi connectivity index (χ3v) is 3.39. The number of anilines is 1. The first-order valence-corrected chi connectivity index (χ1v) is 6.17. The van der Waals surface area contributed by atoms with Gasteiger partial charge in [-0.1, -0.05) is 11.6 Å². The number of hydrogen-bond acceptors (Lipinski definition) is 2. The lowest BCUT2D eigenvalue weighted by atomic mass is 9.88. The van der Waals surface area contributed by atoms with E-state index in [1.54, 1.807) is 6.07 Å². The molecule has 1 aromatic rings. The Labute approximate surface area is 110 Å². The zero-order valence-electron chi connectivity index (χ0n) is 10.00. The first-order chi connectivity index (χ1) is 8.47. The van der Waals surface area contributed by atoms with Gasteiger partial charge in [-0.2, -0.15) is 0 Å². The summed E-state index contributed by atoms with van der Waals surface area (Å²) in [6.45, 7) is 1.89. The molecule has 0 saturated carbocycles. The molecule has 2 rings (SSSR count). The van der Waals surface area contributed by atoms with Gasteiger partial charge in [-0.05, 0) is 43.0 Å². The van der Waals surface area contributed by atoms with Gasteiger partial charge in [0.2, 0.25) is 5.91 Å². The van der Waals surface area contributed by atoms with Gasteiger partial charge in [-0.3, -0.25) is 9.59 Å². The number of aliphatic carboxylic acids is 1. The Morgan fingerprint density at radius 3 is 2.94 bits per heavy atom. The Morgan fingerprint density at radius 2 is 2.28 bits per heavy atom. The number of carboxylic acids is 1. The predicted molar refractivity (Wildman–Crippen MR) is 68.9 cm³/mol. The van der Waals surface area contributed by atoms with Crippen LogP contribution in [-0.2, 0) is 16.0 Å². The van der Waals surface area contributed by atoms with Gasteiger partial charge in [-0.25, -0.2) is 0 Å². The lowest BCUT2D eigenvalue weighted by Gasteiger charge is -2.25. The summed E-state index contributed by atoms with van der Waals surface area (Å²) in [5.41, 5.74) is 2.73. The quantitative estimate of drug-likeness (QED) is 0.885. The van der Waals surface area contributed by atoms with E-state index in [-0.39, 0.29) is 18.2 Å². The fourth-order valence-corrected chi connectivity index (χ4v) is 2.56. The molecule has 0 radical (unpaired) electrons. The van der Waals surface area contributed by atoms with Crippen LogP contribution in [0.4, 0.5) is 5.69 Å². The van der Waals surface area contributed by atoms with Gasteiger partial charge < -0.3 is 10.4 Å². The fraction of sp³-hybridized carbons (Fsp3) is 0.385. The van der Waals surface area contributed by atoms with Gasteiger partial charge in [0.1, 0.15) is 0 Å². The standard InChI is InChI=1S/C13H14ClNO3/c1-7-4-10(14)6-9-5-8(2-3-11(16)17)13(18)15-12(7)9/h4,6,8H,2-3,5H2,1H3,(H,15,18)(H,16,17). The number of nitrogens with one attached hydrogen (secondary N) is 1. The molecule has 1 heterocycles. The van der Waals surface area contributed by atoms with Crippen molar-refractivity contribution in [1.29, 1.82) is 0 Å². The molecule has 1 aromatic carbocycles. The number of carboxylic acid groups (broad SMARTS) is 1. The molecule has 1 amide bonds. The maximum absolute atomic E-state index is 11.9. The van der Waals surface area contributed by atoms with Gasteiger partial charge in [0.05, 0.1) is 0 Å². The normalized spacial score (nSPS) is 18.1. The Morgan fingerprint density at radius 1 is 1.56 bits per heavy atom. The zero-order valence-corrected chi connectivity index (χ0v) is 10.8. The smallest absolute Gasteiger partial charge is 0.303 e. The van der Waals surface area contributed by atoms with E-state index >= 15 is 0 Å². The fourth-order valence-electron chi connectivity index (χ4n) is 2.27. The van der Waals surface area contributed by atoms with Crippen molar-refractivity contribution in [2.45, 2.75) is 26.2 Å². The van der Waals surface area contributed by atoms with Crippen LogP contribution in [-0.4, -0.2) is 17.0 Å². The van der Waals surface area contributed by atoms with E-state index in [1.165, 1.54) is 0 Å². The van der Waals surface area contributed by atoms with Crippen LogP contribution >= 0.6 is 11.6 Å². The summed E-state index contributed by atoms with van der Waals surface area (Å²) in [5, 5.41) is 12.1. The molecule has 1 atom stereocenters. The van der Waals surface area contributed by atoms with Crippen LogP contribution in [0, 0.1) is 12.8 Å². The highest BCUT2D eigenvalue weighted by Crippen LogP contribution is 2.32. The van der Waals surface area contributed by atoms with Crippen LogP contribution in [0.2, 0.25) is 5.02 Å². The molecule has 96 valence electrons. The summed E-state index contributed by atoms with van der Waals surface area (Å²) in [6.07, 6.45) is 0.912. The molecule has 1 unspecified atom stereocenters. The molecule has 2 N–H and O–H groups in total. The minimum Gasteiger partial charge on any atom is -0.481 e. The number of amides is 1. The highest BCUT2D eigenvalue weighted by molar-refractivity contribution is 6.30. The van der Waals surface area contributed by atoms with E-state index in [2.05, 4.69) is 5.32 Å². The van der Waals surface area contributed by atoms with Crippen molar-refractivity contribution >= 4 is 29.2 Å². The first kappa shape index (κ1) is 12.9. The number of benzene rings is 1. The monoisotopic (exact) mass is 267 g/mol. The summed E-state index contributed by atoms with van der Waals surface area (Å²) < 4.78 is 0. The van der Waals surface area contributed by atoms with E-state index < -0.39 is 5.97 Å². The van der Waals surface area contributed by atoms with E-state index in [1.807, 2.05) is 13.0 Å². The summed E-state index contributed by atoms with van der Waals surface area (Å²) in [7, 11) is 0. The number of fused-ring (bicyclic) bond motifs is 1. The lowest BCUT2D eigenvalue weighted by Crippen LogP contribution is -2.30. The highest BCUT2D eigenvalue weighted by atomic mass is 35.5. The molecule has 0 aliphatic carbocycles. The Hall–Kier alpha value is -1.55. The molecule has 0 spiro atoms. The van der Waals surface area contributed by atoms with Gasteiger partial charge in [0.15, 0.2) is 0 Å². The van der Waals surface area contributed by atoms with E-state index in [9.17, 15) is 9.59 Å². The van der Waals surface area contributed by atoms with Crippen molar-refractivity contribution < 1.29 is 14.7 Å². The third kappa shape index (κ3) is 2.64. The van der Waals surface area contributed by atoms with Crippen molar-refractivity contribution in [2.75, 3.05) is 5.32 Å². The molecular weight excluding hydrogens is 254 g/mol. The minimum absolute atomic E-state index is 0.00691. The van der Waals surface area contributed by atoms with Gasteiger partial charge in [0, 0.05) is 23.0 Å². The second kappa shape index (κ2) is 4.98. The summed E-state index contributed by atoms with van der Waals surface area (Å²) >= 11 is 5.99. The molecule has 1 aliphatic heterocycles. The second-order valence-electron chi connectivity index (χ2n) is 4.58. The molecule has 5 heteroatoms. The molecule has 0 fully saturated rings. The van der Waals surface area contributed by atoms with Crippen LogP contribution in [0.5, 0.6) is 0 Å². The van der Waals surface area contributed by atoms with Crippen LogP contribution in [0.15, 0.2) is 12.1 Å². The zero-order chi connectivity index (χ0) is 13.3. The average molecular weight is 268 g/mol. The summed E-state index contributed by atoms with van der Waals surface area (Å²) in [5.74, 6) is -1.27. The van der Waals surface area contributed by atoms with Crippen LogP contribution in [0.1, 0.15) is 24.0 Å². The molecule has 0 aromatic heterocycles. The second-order valence-corrected chi connectivity index (χ2v) is 5.02. The molecular formula is C13H14ClNO3. The van der Waals surface area contributed by atoms with Gasteiger partial charge in [0.25, 0.3) is 0 Å². The molecule has 0 saturated heterocycles. The lowest BCUT2D eigenvalue weighted by molar-refractivity contribution is -0.137. The maximum atomic E-state index is 11.9. The van der Waals surface area contributed by atoms with Crippen LogP contribution in [0.3, 0.4) is 0 Å².